The molecule has 2 rings (SSSR count). The van der Waals surface area contributed by atoms with Crippen molar-refractivity contribution in [1.29, 1.82) is 0 Å². The Kier molecular flexibility index (Phi) is 4.18. The van der Waals surface area contributed by atoms with E-state index in [0.717, 1.165) is 23.0 Å². The average molecular weight is 290 g/mol. The van der Waals surface area contributed by atoms with E-state index >= 15 is 0 Å². The van der Waals surface area contributed by atoms with E-state index in [4.69, 9.17) is 0 Å². The second kappa shape index (κ2) is 5.71. The average Bonchev–Trinajstić information content (AvgIpc) is 2.65. The smallest absolute Gasteiger partial charge is 0.293 e. The Morgan fingerprint density at radius 3 is 2.20 bits per heavy atom. The molecule has 1 aliphatic heterocycles. The van der Waals surface area contributed by atoms with Gasteiger partial charge in [0.15, 0.2) is 0 Å². The zero-order valence-electron chi connectivity index (χ0n) is 12.1. The second-order valence-electron chi connectivity index (χ2n) is 5.13. The maximum absolute atomic E-state index is 12.1. The fourth-order valence-electron chi connectivity index (χ4n) is 1.95. The van der Waals surface area contributed by atoms with E-state index in [1.165, 1.54) is 4.90 Å². The third kappa shape index (κ3) is 2.88. The van der Waals surface area contributed by atoms with Crippen molar-refractivity contribution in [3.63, 3.8) is 0 Å². The van der Waals surface area contributed by atoms with Crippen molar-refractivity contribution in [2.24, 2.45) is 0 Å². The molecule has 1 fully saturated rings. The summed E-state index contributed by atoms with van der Waals surface area (Å²) in [6, 6.07) is 7.75. The highest BCUT2D eigenvalue weighted by Crippen LogP contribution is 2.33. The number of nitrogens with zero attached hydrogens (tertiary/aromatic N) is 2. The van der Waals surface area contributed by atoms with Crippen LogP contribution in [0, 0.1) is 0 Å². The van der Waals surface area contributed by atoms with Crippen LogP contribution in [0.3, 0.4) is 0 Å². The number of benzene rings is 1. The van der Waals surface area contributed by atoms with Gasteiger partial charge >= 0.3 is 0 Å². The number of thioether (sulfide) groups is 1. The molecule has 1 heterocycles. The SMILES string of the molecule is CC(C)N1C(=O)S/C(=C\c2ccc(N(C)C)cc2)C1=O. The van der Waals surface area contributed by atoms with Crippen LogP contribution in [-0.4, -0.2) is 36.2 Å². The van der Waals surface area contributed by atoms with Gasteiger partial charge in [0.1, 0.15) is 0 Å². The van der Waals surface area contributed by atoms with Gasteiger partial charge in [-0.1, -0.05) is 12.1 Å². The summed E-state index contributed by atoms with van der Waals surface area (Å²) >= 11 is 1.00. The van der Waals surface area contributed by atoms with Crippen molar-refractivity contribution in [3.05, 3.63) is 34.7 Å². The van der Waals surface area contributed by atoms with Crippen LogP contribution in [0.1, 0.15) is 19.4 Å². The minimum Gasteiger partial charge on any atom is -0.378 e. The molecule has 1 saturated heterocycles. The number of hydrogen-bond donors (Lipinski definition) is 0. The van der Waals surface area contributed by atoms with Gasteiger partial charge in [-0.25, -0.2) is 0 Å². The van der Waals surface area contributed by atoms with Crippen LogP contribution in [-0.2, 0) is 4.79 Å². The Balaban J connectivity index is 2.24. The maximum Gasteiger partial charge on any atom is 0.293 e. The zero-order valence-corrected chi connectivity index (χ0v) is 12.9. The van der Waals surface area contributed by atoms with E-state index in [1.807, 2.05) is 57.1 Å². The van der Waals surface area contributed by atoms with Crippen LogP contribution in [0.2, 0.25) is 0 Å². The Morgan fingerprint density at radius 2 is 1.75 bits per heavy atom. The lowest BCUT2D eigenvalue weighted by Crippen LogP contribution is -2.34. The monoisotopic (exact) mass is 290 g/mol. The van der Waals surface area contributed by atoms with E-state index in [0.29, 0.717) is 4.91 Å². The lowest BCUT2D eigenvalue weighted by atomic mass is 10.2. The van der Waals surface area contributed by atoms with Gasteiger partial charge in [0.05, 0.1) is 4.91 Å². The van der Waals surface area contributed by atoms with Gasteiger partial charge < -0.3 is 4.90 Å². The quantitative estimate of drug-likeness (QED) is 0.802. The van der Waals surface area contributed by atoms with E-state index < -0.39 is 0 Å². The summed E-state index contributed by atoms with van der Waals surface area (Å²) in [4.78, 5) is 27.7. The maximum atomic E-state index is 12.1. The predicted molar refractivity (Wildman–Crippen MR) is 83.7 cm³/mol. The minimum absolute atomic E-state index is 0.107. The lowest BCUT2D eigenvalue weighted by molar-refractivity contribution is -0.123. The van der Waals surface area contributed by atoms with E-state index in [-0.39, 0.29) is 17.2 Å². The molecule has 0 N–H and O–H groups in total. The molecule has 1 aliphatic rings. The number of imide groups is 1. The van der Waals surface area contributed by atoms with E-state index in [1.54, 1.807) is 6.08 Å². The zero-order chi connectivity index (χ0) is 14.9. The van der Waals surface area contributed by atoms with Gasteiger partial charge in [0.25, 0.3) is 11.1 Å². The van der Waals surface area contributed by atoms with Crippen molar-refractivity contribution in [2.75, 3.05) is 19.0 Å². The molecule has 0 spiro atoms. The molecule has 20 heavy (non-hydrogen) atoms. The Morgan fingerprint density at radius 1 is 1.15 bits per heavy atom. The molecular formula is C15H18N2O2S. The first-order valence-corrected chi connectivity index (χ1v) is 7.26. The highest BCUT2D eigenvalue weighted by Gasteiger charge is 2.36. The van der Waals surface area contributed by atoms with Crippen molar-refractivity contribution >= 4 is 34.7 Å². The van der Waals surface area contributed by atoms with Gasteiger partial charge in [-0.2, -0.15) is 0 Å². The highest BCUT2D eigenvalue weighted by molar-refractivity contribution is 8.18. The lowest BCUT2D eigenvalue weighted by Gasteiger charge is -2.16. The van der Waals surface area contributed by atoms with Gasteiger partial charge in [0, 0.05) is 25.8 Å². The number of anilines is 1. The summed E-state index contributed by atoms with van der Waals surface area (Å²) in [6.45, 7) is 3.68. The summed E-state index contributed by atoms with van der Waals surface area (Å²) in [5.41, 5.74) is 2.02. The summed E-state index contributed by atoms with van der Waals surface area (Å²) in [7, 11) is 3.95. The normalized spacial score (nSPS) is 17.4. The summed E-state index contributed by atoms with van der Waals surface area (Å²) in [5, 5.41) is -0.193. The third-order valence-corrected chi connectivity index (χ3v) is 3.93. The first-order chi connectivity index (χ1) is 9.40. The number of carbonyl (C=O) groups excluding carboxylic acids is 2. The van der Waals surface area contributed by atoms with Crippen LogP contribution in [0.5, 0.6) is 0 Å². The van der Waals surface area contributed by atoms with Crippen molar-refractivity contribution in [3.8, 4) is 0 Å². The highest BCUT2D eigenvalue weighted by atomic mass is 32.2. The fraction of sp³-hybridized carbons (Fsp3) is 0.333. The van der Waals surface area contributed by atoms with Crippen LogP contribution < -0.4 is 4.90 Å². The largest absolute Gasteiger partial charge is 0.378 e. The van der Waals surface area contributed by atoms with Crippen LogP contribution in [0.15, 0.2) is 29.2 Å². The summed E-state index contributed by atoms with van der Waals surface area (Å²) in [6.07, 6.45) is 1.77. The number of carbonyl (C=O) groups is 2. The molecule has 0 aromatic heterocycles. The number of amides is 2. The molecule has 5 heteroatoms. The molecule has 0 saturated carbocycles. The third-order valence-electron chi connectivity index (χ3n) is 3.05. The first-order valence-electron chi connectivity index (χ1n) is 6.44. The van der Waals surface area contributed by atoms with Crippen molar-refractivity contribution < 1.29 is 9.59 Å². The summed E-state index contributed by atoms with van der Waals surface area (Å²) < 4.78 is 0. The van der Waals surface area contributed by atoms with Crippen LogP contribution in [0.25, 0.3) is 6.08 Å². The molecule has 0 unspecified atom stereocenters. The van der Waals surface area contributed by atoms with Crippen molar-refractivity contribution in [2.45, 2.75) is 19.9 Å². The molecule has 0 bridgehead atoms. The minimum atomic E-state index is -0.202. The molecule has 4 nitrogen and oxygen atoms in total. The first kappa shape index (κ1) is 14.7. The molecule has 0 atom stereocenters. The summed E-state index contributed by atoms with van der Waals surface area (Å²) in [5.74, 6) is -0.202. The van der Waals surface area contributed by atoms with Crippen molar-refractivity contribution in [1.82, 2.24) is 4.90 Å². The van der Waals surface area contributed by atoms with E-state index in [9.17, 15) is 9.59 Å². The van der Waals surface area contributed by atoms with Gasteiger partial charge in [-0.3, -0.25) is 14.5 Å². The molecular weight excluding hydrogens is 272 g/mol. The predicted octanol–water partition coefficient (Wildman–Crippen LogP) is 3.20. The molecule has 106 valence electrons. The van der Waals surface area contributed by atoms with Crippen LogP contribution >= 0.6 is 11.8 Å². The van der Waals surface area contributed by atoms with Gasteiger partial charge in [-0.05, 0) is 49.4 Å². The van der Waals surface area contributed by atoms with Gasteiger partial charge in [0.2, 0.25) is 0 Å². The molecule has 1 aromatic rings. The molecule has 0 radical (unpaired) electrons. The number of rotatable bonds is 3. The number of hydrogen-bond acceptors (Lipinski definition) is 4. The Bertz CT molecular complexity index is 562. The Hall–Kier alpha value is -1.75. The van der Waals surface area contributed by atoms with E-state index in [2.05, 4.69) is 0 Å². The Labute approximate surface area is 123 Å². The standard InChI is InChI=1S/C15H18N2O2S/c1-10(2)17-14(18)13(20-15(17)19)9-11-5-7-12(8-6-11)16(3)4/h5-10H,1-4H3/b13-9-. The fourth-order valence-corrected chi connectivity index (χ4v) is 2.91. The molecule has 2 amide bonds. The topological polar surface area (TPSA) is 40.6 Å². The molecule has 1 aromatic carbocycles. The molecule has 0 aliphatic carbocycles. The van der Waals surface area contributed by atoms with Gasteiger partial charge in [-0.15, -0.1) is 0 Å². The second-order valence-corrected chi connectivity index (χ2v) is 6.12. The van der Waals surface area contributed by atoms with Crippen LogP contribution in [0.4, 0.5) is 10.5 Å².